The van der Waals surface area contributed by atoms with Crippen LogP contribution >= 0.6 is 0 Å². The number of nitrogens with one attached hydrogen (secondary N) is 1. The van der Waals surface area contributed by atoms with Crippen molar-refractivity contribution >= 4 is 16.7 Å². The monoisotopic (exact) mass is 508 g/mol. The Labute approximate surface area is 225 Å². The van der Waals surface area contributed by atoms with Crippen molar-refractivity contribution in [2.24, 2.45) is 5.92 Å². The Bertz CT molecular complexity index is 1330. The van der Waals surface area contributed by atoms with E-state index in [0.717, 1.165) is 32.6 Å². The fourth-order valence-corrected chi connectivity index (χ4v) is 5.69. The second-order valence-corrected chi connectivity index (χ2v) is 10.3. The molecule has 1 fully saturated rings. The molecule has 3 atom stereocenters. The van der Waals surface area contributed by atoms with Crippen molar-refractivity contribution in [3.63, 3.8) is 0 Å². The zero-order valence-corrected chi connectivity index (χ0v) is 21.9. The molecular formula is C33H36N2O3. The van der Waals surface area contributed by atoms with Crippen molar-refractivity contribution in [3.05, 3.63) is 114 Å². The lowest BCUT2D eigenvalue weighted by molar-refractivity contribution is -0.139. The Balaban J connectivity index is 1.25. The van der Waals surface area contributed by atoms with Crippen LogP contribution in [0.5, 0.6) is 5.75 Å². The molecule has 196 valence electrons. The van der Waals surface area contributed by atoms with Crippen LogP contribution in [0, 0.1) is 5.92 Å². The van der Waals surface area contributed by atoms with Crippen LogP contribution < -0.4 is 10.1 Å². The summed E-state index contributed by atoms with van der Waals surface area (Å²) in [5.41, 5.74) is 3.97. The number of carbonyl (C=O) groups is 1. The van der Waals surface area contributed by atoms with Gasteiger partial charge in [0.2, 0.25) is 0 Å². The Morgan fingerprint density at radius 3 is 2.50 bits per heavy atom. The molecule has 38 heavy (non-hydrogen) atoms. The molecule has 0 amide bonds. The van der Waals surface area contributed by atoms with Crippen molar-refractivity contribution in [1.29, 1.82) is 0 Å². The van der Waals surface area contributed by atoms with Gasteiger partial charge in [0.25, 0.3) is 0 Å². The quantitative estimate of drug-likeness (QED) is 0.265. The lowest BCUT2D eigenvalue weighted by Crippen LogP contribution is -2.42. The number of piperidine rings is 1. The Morgan fingerprint density at radius 1 is 0.974 bits per heavy atom. The van der Waals surface area contributed by atoms with Crippen molar-refractivity contribution < 1.29 is 14.6 Å². The first-order valence-corrected chi connectivity index (χ1v) is 13.5. The highest BCUT2D eigenvalue weighted by atomic mass is 16.5. The van der Waals surface area contributed by atoms with Gasteiger partial charge in [-0.15, -0.1) is 0 Å². The zero-order valence-electron chi connectivity index (χ0n) is 21.9. The number of hydrogen-bond donors (Lipinski definition) is 2. The van der Waals surface area contributed by atoms with Crippen LogP contribution in [0.4, 0.5) is 0 Å². The molecule has 0 spiro atoms. The molecule has 5 heteroatoms. The molecule has 0 saturated carbocycles. The molecule has 1 heterocycles. The number of nitrogens with zero attached hydrogens (tertiary/aromatic N) is 1. The van der Waals surface area contributed by atoms with E-state index in [9.17, 15) is 4.79 Å². The van der Waals surface area contributed by atoms with Crippen molar-refractivity contribution in [3.8, 4) is 5.75 Å². The van der Waals surface area contributed by atoms with Crippen LogP contribution in [0.25, 0.3) is 10.8 Å². The summed E-state index contributed by atoms with van der Waals surface area (Å²) in [5, 5.41) is 15.3. The summed E-state index contributed by atoms with van der Waals surface area (Å²) in [5.74, 6) is 0.626. The topological polar surface area (TPSA) is 61.8 Å². The van der Waals surface area contributed by atoms with E-state index < -0.39 is 5.97 Å². The van der Waals surface area contributed by atoms with Gasteiger partial charge in [-0.25, -0.2) is 4.79 Å². The third-order valence-electron chi connectivity index (χ3n) is 7.74. The van der Waals surface area contributed by atoms with Crippen LogP contribution in [0.2, 0.25) is 0 Å². The molecular weight excluding hydrogens is 472 g/mol. The number of carboxylic acid groups (broad SMARTS) is 1. The van der Waals surface area contributed by atoms with E-state index in [1.54, 1.807) is 0 Å². The fraction of sp³-hybridized carbons (Fsp3) is 0.303. The molecule has 0 radical (unpaired) electrons. The predicted molar refractivity (Wildman–Crippen MR) is 153 cm³/mol. The van der Waals surface area contributed by atoms with Crippen molar-refractivity contribution in [2.45, 2.75) is 31.8 Å². The van der Waals surface area contributed by atoms with E-state index in [2.05, 4.69) is 89.9 Å². The summed E-state index contributed by atoms with van der Waals surface area (Å²) in [7, 11) is 0. The molecule has 0 bridgehead atoms. The van der Waals surface area contributed by atoms with Gasteiger partial charge in [0.15, 0.2) is 6.61 Å². The third-order valence-corrected chi connectivity index (χ3v) is 7.74. The molecule has 4 aromatic rings. The number of hydrogen-bond acceptors (Lipinski definition) is 4. The van der Waals surface area contributed by atoms with Crippen molar-refractivity contribution in [2.75, 3.05) is 26.2 Å². The highest BCUT2D eigenvalue weighted by Gasteiger charge is 2.30. The van der Waals surface area contributed by atoms with Gasteiger partial charge >= 0.3 is 5.97 Å². The number of likely N-dealkylation sites (tertiary alicyclic amines) is 1. The fourth-order valence-electron chi connectivity index (χ4n) is 5.69. The van der Waals surface area contributed by atoms with E-state index >= 15 is 0 Å². The summed E-state index contributed by atoms with van der Waals surface area (Å²) in [4.78, 5) is 13.3. The molecule has 4 aromatic carbocycles. The highest BCUT2D eigenvalue weighted by molar-refractivity contribution is 5.86. The van der Waals surface area contributed by atoms with E-state index in [4.69, 9.17) is 9.84 Å². The van der Waals surface area contributed by atoms with Gasteiger partial charge in [-0.05, 0) is 71.9 Å². The molecule has 2 unspecified atom stereocenters. The van der Waals surface area contributed by atoms with Crippen LogP contribution in [0.3, 0.4) is 0 Å². The number of benzene rings is 4. The Hall–Kier alpha value is -3.67. The van der Waals surface area contributed by atoms with E-state index in [1.165, 1.54) is 27.5 Å². The van der Waals surface area contributed by atoms with Crippen LogP contribution in [0.15, 0.2) is 97.1 Å². The third kappa shape index (κ3) is 6.42. The summed E-state index contributed by atoms with van der Waals surface area (Å²) in [6.45, 7) is 5.87. The minimum Gasteiger partial charge on any atom is -0.482 e. The summed E-state index contributed by atoms with van der Waals surface area (Å²) in [6.07, 6.45) is 1.13. The van der Waals surface area contributed by atoms with Gasteiger partial charge in [-0.2, -0.15) is 0 Å². The average Bonchev–Trinajstić information content (AvgIpc) is 2.96. The summed E-state index contributed by atoms with van der Waals surface area (Å²) < 4.78 is 5.28. The molecule has 2 N–H and O–H groups in total. The standard InChI is InChI=1S/C33H36N2O3/c1-24(30-13-7-11-26-10-5-6-12-31(26)30)34-20-28-18-19-35(22-32(28)27-8-3-2-4-9-27)21-25-14-16-29(17-15-25)38-23-33(36)37/h2-17,24,28,32,34H,18-23H2,1H3,(H,36,37)/t24-,28?,32?/m1/s1. The van der Waals surface area contributed by atoms with Gasteiger partial charge in [0.1, 0.15) is 5.75 Å². The van der Waals surface area contributed by atoms with Crippen LogP contribution in [0.1, 0.15) is 42.0 Å². The number of aliphatic carboxylic acids is 1. The van der Waals surface area contributed by atoms with Gasteiger partial charge in [0, 0.05) is 25.0 Å². The second kappa shape index (κ2) is 12.2. The zero-order chi connectivity index (χ0) is 26.3. The molecule has 5 nitrogen and oxygen atoms in total. The number of fused-ring (bicyclic) bond motifs is 1. The molecule has 0 aliphatic carbocycles. The van der Waals surface area contributed by atoms with Crippen molar-refractivity contribution in [1.82, 2.24) is 10.2 Å². The largest absolute Gasteiger partial charge is 0.482 e. The van der Waals surface area contributed by atoms with Gasteiger partial charge in [-0.1, -0.05) is 84.9 Å². The first kappa shape index (κ1) is 26.0. The van der Waals surface area contributed by atoms with E-state index in [-0.39, 0.29) is 12.6 Å². The second-order valence-electron chi connectivity index (χ2n) is 10.3. The van der Waals surface area contributed by atoms with Gasteiger partial charge in [0.05, 0.1) is 0 Å². The molecule has 1 aliphatic heterocycles. The molecule has 0 aromatic heterocycles. The first-order valence-electron chi connectivity index (χ1n) is 13.5. The maximum Gasteiger partial charge on any atom is 0.341 e. The SMILES string of the molecule is C[C@@H](NCC1CCN(Cc2ccc(OCC(=O)O)cc2)CC1c1ccccc1)c1cccc2ccccc12. The van der Waals surface area contributed by atoms with Gasteiger partial charge < -0.3 is 15.2 Å². The predicted octanol–water partition coefficient (Wildman–Crippen LogP) is 6.26. The van der Waals surface area contributed by atoms with E-state index in [1.807, 2.05) is 24.3 Å². The van der Waals surface area contributed by atoms with Crippen LogP contribution in [-0.2, 0) is 11.3 Å². The Morgan fingerprint density at radius 2 is 1.71 bits per heavy atom. The minimum absolute atomic E-state index is 0.275. The maximum absolute atomic E-state index is 10.7. The summed E-state index contributed by atoms with van der Waals surface area (Å²) >= 11 is 0. The number of carboxylic acids is 1. The summed E-state index contributed by atoms with van der Waals surface area (Å²) in [6, 6.07) is 34.2. The Kier molecular flexibility index (Phi) is 8.37. The van der Waals surface area contributed by atoms with E-state index in [0.29, 0.717) is 17.6 Å². The lowest BCUT2D eigenvalue weighted by Gasteiger charge is -2.39. The van der Waals surface area contributed by atoms with Gasteiger partial charge in [-0.3, -0.25) is 4.90 Å². The van der Waals surface area contributed by atoms with Crippen LogP contribution in [-0.4, -0.2) is 42.2 Å². The minimum atomic E-state index is -0.968. The number of rotatable bonds is 10. The highest BCUT2D eigenvalue weighted by Crippen LogP contribution is 2.34. The normalized spacial score (nSPS) is 18.8. The molecule has 1 saturated heterocycles. The average molecular weight is 509 g/mol. The maximum atomic E-state index is 10.7. The molecule has 1 aliphatic rings. The number of ether oxygens (including phenoxy) is 1. The first-order chi connectivity index (χ1) is 18.6. The molecule has 5 rings (SSSR count). The lowest BCUT2D eigenvalue weighted by atomic mass is 9.80. The smallest absolute Gasteiger partial charge is 0.341 e.